The summed E-state index contributed by atoms with van der Waals surface area (Å²) >= 11 is 0. The smallest absolute Gasteiger partial charge is 0.163 e. The van der Waals surface area contributed by atoms with E-state index < -0.39 is 17.5 Å². The Hall–Kier alpha value is -1.68. The summed E-state index contributed by atoms with van der Waals surface area (Å²) in [6, 6.07) is 19.2. The Bertz CT molecular complexity index is 553. The van der Waals surface area contributed by atoms with Crippen LogP contribution >= 0.6 is 0 Å². The molecule has 3 nitrogen and oxygen atoms in total. The highest BCUT2D eigenvalue weighted by Crippen LogP contribution is 2.39. The van der Waals surface area contributed by atoms with Gasteiger partial charge in [-0.3, -0.25) is 0 Å². The molecule has 0 spiro atoms. The first kappa shape index (κ1) is 14.3. The maximum atomic E-state index is 11.5. The molecule has 110 valence electrons. The van der Waals surface area contributed by atoms with Crippen LogP contribution in [0.2, 0.25) is 0 Å². The first-order valence-electron chi connectivity index (χ1n) is 7.17. The molecular formula is C18H20O3. The van der Waals surface area contributed by atoms with Crippen molar-refractivity contribution in [2.75, 3.05) is 6.61 Å². The Morgan fingerprint density at radius 1 is 0.952 bits per heavy atom. The number of hydrogen-bond acceptors (Lipinski definition) is 3. The van der Waals surface area contributed by atoms with E-state index in [1.807, 2.05) is 74.5 Å². The van der Waals surface area contributed by atoms with E-state index in [4.69, 9.17) is 9.47 Å². The lowest BCUT2D eigenvalue weighted by molar-refractivity contribution is -0.164. The van der Waals surface area contributed by atoms with Crippen LogP contribution in [0.25, 0.3) is 0 Å². The second kappa shape index (κ2) is 5.26. The molecule has 0 amide bonds. The zero-order valence-corrected chi connectivity index (χ0v) is 12.3. The highest BCUT2D eigenvalue weighted by molar-refractivity contribution is 5.37. The SMILES string of the molecule is CC1(C)OCC(C(O)(c2ccccc2)c2ccccc2)O1. The molecule has 0 saturated carbocycles. The summed E-state index contributed by atoms with van der Waals surface area (Å²) in [5.41, 5.74) is 0.390. The van der Waals surface area contributed by atoms with Crippen molar-refractivity contribution in [2.45, 2.75) is 31.3 Å². The average Bonchev–Trinajstić information content (AvgIpc) is 2.89. The molecule has 1 N–H and O–H groups in total. The van der Waals surface area contributed by atoms with Gasteiger partial charge in [0.25, 0.3) is 0 Å². The predicted octanol–water partition coefficient (Wildman–Crippen LogP) is 3.07. The zero-order chi connectivity index (χ0) is 14.9. The molecule has 1 fully saturated rings. The van der Waals surface area contributed by atoms with Crippen molar-refractivity contribution in [1.82, 2.24) is 0 Å². The van der Waals surface area contributed by atoms with Gasteiger partial charge in [0.2, 0.25) is 0 Å². The van der Waals surface area contributed by atoms with E-state index in [-0.39, 0.29) is 0 Å². The van der Waals surface area contributed by atoms with E-state index in [0.717, 1.165) is 11.1 Å². The van der Waals surface area contributed by atoms with Crippen molar-refractivity contribution in [2.24, 2.45) is 0 Å². The molecule has 3 rings (SSSR count). The lowest BCUT2D eigenvalue weighted by atomic mass is 9.82. The second-order valence-corrected chi connectivity index (χ2v) is 5.82. The fourth-order valence-corrected chi connectivity index (χ4v) is 2.82. The van der Waals surface area contributed by atoms with Crippen molar-refractivity contribution in [3.63, 3.8) is 0 Å². The van der Waals surface area contributed by atoms with E-state index in [0.29, 0.717) is 6.61 Å². The third kappa shape index (κ3) is 2.60. The summed E-state index contributed by atoms with van der Waals surface area (Å²) in [7, 11) is 0. The fraction of sp³-hybridized carbons (Fsp3) is 0.333. The Morgan fingerprint density at radius 3 is 1.81 bits per heavy atom. The summed E-state index contributed by atoms with van der Waals surface area (Å²) in [5, 5.41) is 11.5. The van der Waals surface area contributed by atoms with Crippen LogP contribution in [0.1, 0.15) is 25.0 Å². The number of benzene rings is 2. The summed E-state index contributed by atoms with van der Waals surface area (Å²) in [6.45, 7) is 4.08. The minimum Gasteiger partial charge on any atom is -0.378 e. The maximum Gasteiger partial charge on any atom is 0.163 e. The molecule has 1 unspecified atom stereocenters. The third-order valence-corrected chi connectivity index (χ3v) is 3.90. The van der Waals surface area contributed by atoms with Crippen molar-refractivity contribution in [3.05, 3.63) is 71.8 Å². The van der Waals surface area contributed by atoms with E-state index in [1.54, 1.807) is 0 Å². The van der Waals surface area contributed by atoms with Crippen LogP contribution in [0.4, 0.5) is 0 Å². The molecule has 1 atom stereocenters. The van der Waals surface area contributed by atoms with Crippen LogP contribution in [0.3, 0.4) is 0 Å². The second-order valence-electron chi connectivity index (χ2n) is 5.82. The van der Waals surface area contributed by atoms with Gasteiger partial charge in [-0.25, -0.2) is 0 Å². The normalized spacial score (nSPS) is 21.4. The van der Waals surface area contributed by atoms with Crippen molar-refractivity contribution in [1.29, 1.82) is 0 Å². The third-order valence-electron chi connectivity index (χ3n) is 3.90. The molecule has 0 aliphatic carbocycles. The van der Waals surface area contributed by atoms with Gasteiger partial charge in [-0.2, -0.15) is 0 Å². The van der Waals surface area contributed by atoms with Gasteiger partial charge in [-0.1, -0.05) is 60.7 Å². The van der Waals surface area contributed by atoms with Gasteiger partial charge in [0.05, 0.1) is 6.61 Å². The molecule has 0 radical (unpaired) electrons. The van der Waals surface area contributed by atoms with Gasteiger partial charge in [-0.15, -0.1) is 0 Å². The van der Waals surface area contributed by atoms with Crippen LogP contribution < -0.4 is 0 Å². The van der Waals surface area contributed by atoms with Gasteiger partial charge in [0, 0.05) is 0 Å². The predicted molar refractivity (Wildman–Crippen MR) is 80.8 cm³/mol. The van der Waals surface area contributed by atoms with E-state index >= 15 is 0 Å². The lowest BCUT2D eigenvalue weighted by Gasteiger charge is -2.34. The highest BCUT2D eigenvalue weighted by Gasteiger charge is 2.48. The van der Waals surface area contributed by atoms with Crippen molar-refractivity contribution < 1.29 is 14.6 Å². The molecule has 3 heteroatoms. The minimum absolute atomic E-state index is 0.354. The van der Waals surface area contributed by atoms with Crippen LogP contribution in [0.15, 0.2) is 60.7 Å². The number of ether oxygens (including phenoxy) is 2. The average molecular weight is 284 g/mol. The topological polar surface area (TPSA) is 38.7 Å². The fourth-order valence-electron chi connectivity index (χ4n) is 2.82. The molecule has 2 aromatic carbocycles. The molecule has 0 aromatic heterocycles. The monoisotopic (exact) mass is 284 g/mol. The molecule has 21 heavy (non-hydrogen) atoms. The van der Waals surface area contributed by atoms with Crippen molar-refractivity contribution >= 4 is 0 Å². The standard InChI is InChI=1S/C18H20O3/c1-17(2)20-13-16(21-17)18(19,14-9-5-3-6-10-14)15-11-7-4-8-12-15/h3-12,16,19H,13H2,1-2H3. The van der Waals surface area contributed by atoms with Crippen LogP contribution in [0, 0.1) is 0 Å². The van der Waals surface area contributed by atoms with Crippen LogP contribution in [-0.4, -0.2) is 23.6 Å². The Balaban J connectivity index is 2.08. The van der Waals surface area contributed by atoms with Gasteiger partial charge < -0.3 is 14.6 Å². The maximum absolute atomic E-state index is 11.5. The number of rotatable bonds is 3. The summed E-state index contributed by atoms with van der Waals surface area (Å²) in [4.78, 5) is 0. The number of aliphatic hydroxyl groups is 1. The van der Waals surface area contributed by atoms with Crippen molar-refractivity contribution in [3.8, 4) is 0 Å². The molecule has 2 aromatic rings. The van der Waals surface area contributed by atoms with Crippen LogP contribution in [0.5, 0.6) is 0 Å². The first-order chi connectivity index (χ1) is 10.0. The summed E-state index contributed by atoms with van der Waals surface area (Å²) < 4.78 is 11.6. The van der Waals surface area contributed by atoms with E-state index in [9.17, 15) is 5.11 Å². The Morgan fingerprint density at radius 2 is 1.43 bits per heavy atom. The quantitative estimate of drug-likeness (QED) is 0.941. The van der Waals surface area contributed by atoms with E-state index in [1.165, 1.54) is 0 Å². The highest BCUT2D eigenvalue weighted by atomic mass is 16.7. The summed E-state index contributed by atoms with van der Waals surface area (Å²) in [5.74, 6) is -0.678. The van der Waals surface area contributed by atoms with Gasteiger partial charge in [-0.05, 0) is 25.0 Å². The Labute approximate surface area is 125 Å². The van der Waals surface area contributed by atoms with Crippen LogP contribution in [-0.2, 0) is 15.1 Å². The number of hydrogen-bond donors (Lipinski definition) is 1. The summed E-state index contributed by atoms with van der Waals surface area (Å²) in [6.07, 6.45) is -0.447. The first-order valence-corrected chi connectivity index (χ1v) is 7.17. The Kier molecular flexibility index (Phi) is 3.57. The van der Waals surface area contributed by atoms with Gasteiger partial charge in [0.15, 0.2) is 5.79 Å². The minimum atomic E-state index is -1.23. The van der Waals surface area contributed by atoms with E-state index in [2.05, 4.69) is 0 Å². The molecule has 1 aliphatic heterocycles. The molecular weight excluding hydrogens is 264 g/mol. The lowest BCUT2D eigenvalue weighted by Crippen LogP contribution is -2.43. The molecule has 1 saturated heterocycles. The van der Waals surface area contributed by atoms with Gasteiger partial charge >= 0.3 is 0 Å². The zero-order valence-electron chi connectivity index (χ0n) is 12.3. The molecule has 0 bridgehead atoms. The largest absolute Gasteiger partial charge is 0.378 e. The van der Waals surface area contributed by atoms with Gasteiger partial charge in [0.1, 0.15) is 11.7 Å². The molecule has 1 heterocycles. The molecule has 1 aliphatic rings.